The molecule has 5 nitrogen and oxygen atoms in total. The van der Waals surface area contributed by atoms with Crippen LogP contribution in [0.2, 0.25) is 0 Å². The van der Waals surface area contributed by atoms with Crippen LogP contribution in [0.25, 0.3) is 0 Å². The molecule has 0 saturated heterocycles. The number of carboxylic acids is 1. The maximum Gasteiger partial charge on any atom is 0.335 e. The molecule has 0 radical (unpaired) electrons. The summed E-state index contributed by atoms with van der Waals surface area (Å²) in [5.41, 5.74) is 1.45. The number of hydrogen-bond donors (Lipinski definition) is 2. The van der Waals surface area contributed by atoms with Crippen molar-refractivity contribution in [2.45, 2.75) is 20.3 Å². The van der Waals surface area contributed by atoms with Crippen LogP contribution in [0.15, 0.2) is 18.2 Å². The fourth-order valence-corrected chi connectivity index (χ4v) is 1.51. The highest BCUT2D eigenvalue weighted by molar-refractivity contribution is 5.93. The number of benzene rings is 1. The molecule has 0 spiro atoms. The first-order chi connectivity index (χ1) is 8.54. The quantitative estimate of drug-likeness (QED) is 0.759. The Kier molecular flexibility index (Phi) is 5.32. The summed E-state index contributed by atoms with van der Waals surface area (Å²) >= 11 is 0. The van der Waals surface area contributed by atoms with Gasteiger partial charge in [0.2, 0.25) is 5.91 Å². The molecular formula is C13H17NO4. The summed E-state index contributed by atoms with van der Waals surface area (Å²) in [7, 11) is 0. The van der Waals surface area contributed by atoms with Crippen molar-refractivity contribution in [1.29, 1.82) is 0 Å². The third kappa shape index (κ3) is 4.18. The van der Waals surface area contributed by atoms with Gasteiger partial charge < -0.3 is 15.2 Å². The molecule has 0 saturated carbocycles. The number of rotatable bonds is 6. The van der Waals surface area contributed by atoms with Crippen molar-refractivity contribution < 1.29 is 19.4 Å². The summed E-state index contributed by atoms with van der Waals surface area (Å²) in [6.07, 6.45) is 0.285. The number of nitrogens with one attached hydrogen (secondary N) is 1. The minimum atomic E-state index is -0.971. The Morgan fingerprint density at radius 1 is 1.39 bits per heavy atom. The van der Waals surface area contributed by atoms with E-state index in [1.54, 1.807) is 19.1 Å². The van der Waals surface area contributed by atoms with Crippen LogP contribution in [0.4, 0.5) is 5.69 Å². The summed E-state index contributed by atoms with van der Waals surface area (Å²) in [5.74, 6) is -1.12. The molecule has 2 N–H and O–H groups in total. The van der Waals surface area contributed by atoms with E-state index in [1.165, 1.54) is 6.07 Å². The number of anilines is 1. The van der Waals surface area contributed by atoms with Crippen LogP contribution in [-0.4, -0.2) is 30.2 Å². The molecule has 1 aromatic rings. The summed E-state index contributed by atoms with van der Waals surface area (Å²) in [5, 5.41) is 11.6. The summed E-state index contributed by atoms with van der Waals surface area (Å²) in [6, 6.07) is 4.70. The molecule has 98 valence electrons. The van der Waals surface area contributed by atoms with Crippen molar-refractivity contribution >= 4 is 17.6 Å². The van der Waals surface area contributed by atoms with E-state index in [0.717, 1.165) is 0 Å². The minimum absolute atomic E-state index is 0.147. The van der Waals surface area contributed by atoms with Crippen LogP contribution in [-0.2, 0) is 9.53 Å². The number of carbonyl (C=O) groups excluding carboxylic acids is 1. The predicted molar refractivity (Wildman–Crippen MR) is 67.9 cm³/mol. The van der Waals surface area contributed by atoms with Crippen LogP contribution >= 0.6 is 0 Å². The van der Waals surface area contributed by atoms with Crippen molar-refractivity contribution in [2.24, 2.45) is 0 Å². The first kappa shape index (κ1) is 14.2. The number of ether oxygens (including phenoxy) is 1. The monoisotopic (exact) mass is 251 g/mol. The summed E-state index contributed by atoms with van der Waals surface area (Å²) in [4.78, 5) is 22.3. The van der Waals surface area contributed by atoms with Gasteiger partial charge in [-0.1, -0.05) is 0 Å². The Bertz CT molecular complexity index is 443. The molecule has 0 aliphatic carbocycles. The summed E-state index contributed by atoms with van der Waals surface area (Å²) < 4.78 is 5.08. The van der Waals surface area contributed by atoms with Gasteiger partial charge in [0.1, 0.15) is 0 Å². The Hall–Kier alpha value is -1.88. The smallest absolute Gasteiger partial charge is 0.335 e. The van der Waals surface area contributed by atoms with Gasteiger partial charge in [-0.15, -0.1) is 0 Å². The van der Waals surface area contributed by atoms with Crippen molar-refractivity contribution in [1.82, 2.24) is 0 Å². The van der Waals surface area contributed by atoms with E-state index in [-0.39, 0.29) is 17.9 Å². The number of aryl methyl sites for hydroxylation is 1. The van der Waals surface area contributed by atoms with E-state index in [9.17, 15) is 9.59 Å². The molecule has 1 amide bonds. The lowest BCUT2D eigenvalue weighted by atomic mass is 10.1. The van der Waals surface area contributed by atoms with Crippen molar-refractivity contribution in [3.05, 3.63) is 29.3 Å². The van der Waals surface area contributed by atoms with Gasteiger partial charge in [0, 0.05) is 12.3 Å². The third-order valence-corrected chi connectivity index (χ3v) is 2.42. The largest absolute Gasteiger partial charge is 0.478 e. The molecule has 0 bridgehead atoms. The van der Waals surface area contributed by atoms with Crippen LogP contribution in [0, 0.1) is 6.92 Å². The molecule has 0 unspecified atom stereocenters. The average Bonchev–Trinajstić information content (AvgIpc) is 2.28. The van der Waals surface area contributed by atoms with Gasteiger partial charge in [-0.3, -0.25) is 4.79 Å². The van der Waals surface area contributed by atoms with Crippen LogP contribution in [0.5, 0.6) is 0 Å². The number of carboxylic acid groups (broad SMARTS) is 1. The Balaban J connectivity index is 2.60. The number of amides is 1. The molecule has 0 aromatic heterocycles. The van der Waals surface area contributed by atoms with Gasteiger partial charge >= 0.3 is 5.97 Å². The lowest BCUT2D eigenvalue weighted by molar-refractivity contribution is -0.117. The first-order valence-corrected chi connectivity index (χ1v) is 5.76. The van der Waals surface area contributed by atoms with Crippen LogP contribution < -0.4 is 5.32 Å². The average molecular weight is 251 g/mol. The molecule has 1 rings (SSSR count). The van der Waals surface area contributed by atoms with E-state index < -0.39 is 5.97 Å². The zero-order valence-corrected chi connectivity index (χ0v) is 10.5. The second-order valence-corrected chi connectivity index (χ2v) is 3.83. The summed E-state index contributed by atoms with van der Waals surface area (Å²) in [6.45, 7) is 4.53. The zero-order valence-electron chi connectivity index (χ0n) is 10.5. The normalized spacial score (nSPS) is 10.1. The van der Waals surface area contributed by atoms with Gasteiger partial charge in [0.15, 0.2) is 0 Å². The highest BCUT2D eigenvalue weighted by atomic mass is 16.5. The van der Waals surface area contributed by atoms with E-state index in [2.05, 4.69) is 5.32 Å². The molecule has 0 atom stereocenters. The van der Waals surface area contributed by atoms with Gasteiger partial charge in [0.25, 0.3) is 0 Å². The lowest BCUT2D eigenvalue weighted by Gasteiger charge is -2.07. The predicted octanol–water partition coefficient (Wildman–Crippen LogP) is 2.06. The zero-order chi connectivity index (χ0) is 13.5. The van der Waals surface area contributed by atoms with E-state index >= 15 is 0 Å². The third-order valence-electron chi connectivity index (χ3n) is 2.42. The molecule has 1 aromatic carbocycles. The molecule has 0 aliphatic heterocycles. The Morgan fingerprint density at radius 3 is 2.67 bits per heavy atom. The highest BCUT2D eigenvalue weighted by Crippen LogP contribution is 2.15. The Morgan fingerprint density at radius 2 is 2.11 bits per heavy atom. The van der Waals surface area contributed by atoms with Gasteiger partial charge in [0.05, 0.1) is 18.6 Å². The second-order valence-electron chi connectivity index (χ2n) is 3.83. The SMILES string of the molecule is CCOCCC(=O)Nc1ccc(C(=O)O)c(C)c1. The molecule has 18 heavy (non-hydrogen) atoms. The van der Waals surface area contributed by atoms with Crippen LogP contribution in [0.1, 0.15) is 29.3 Å². The number of hydrogen-bond acceptors (Lipinski definition) is 3. The topological polar surface area (TPSA) is 75.6 Å². The van der Waals surface area contributed by atoms with E-state index in [1.807, 2.05) is 6.92 Å². The standard InChI is InChI=1S/C13H17NO4/c1-3-18-7-6-12(15)14-10-4-5-11(13(16)17)9(2)8-10/h4-5,8H,3,6-7H2,1-2H3,(H,14,15)(H,16,17). The van der Waals surface area contributed by atoms with E-state index in [4.69, 9.17) is 9.84 Å². The van der Waals surface area contributed by atoms with Gasteiger partial charge in [-0.2, -0.15) is 0 Å². The maximum atomic E-state index is 11.5. The van der Waals surface area contributed by atoms with Crippen molar-refractivity contribution in [2.75, 3.05) is 18.5 Å². The lowest BCUT2D eigenvalue weighted by Crippen LogP contribution is -2.14. The molecule has 0 aliphatic rings. The fraction of sp³-hybridized carbons (Fsp3) is 0.385. The molecule has 0 fully saturated rings. The van der Waals surface area contributed by atoms with Crippen molar-refractivity contribution in [3.63, 3.8) is 0 Å². The molecular weight excluding hydrogens is 234 g/mol. The maximum absolute atomic E-state index is 11.5. The first-order valence-electron chi connectivity index (χ1n) is 5.76. The van der Waals surface area contributed by atoms with Gasteiger partial charge in [-0.05, 0) is 37.6 Å². The minimum Gasteiger partial charge on any atom is -0.478 e. The Labute approximate surface area is 106 Å². The number of aromatic carboxylic acids is 1. The van der Waals surface area contributed by atoms with E-state index in [0.29, 0.717) is 24.5 Å². The van der Waals surface area contributed by atoms with Crippen LogP contribution in [0.3, 0.4) is 0 Å². The fourth-order valence-electron chi connectivity index (χ4n) is 1.51. The number of carbonyl (C=O) groups is 2. The van der Waals surface area contributed by atoms with Crippen molar-refractivity contribution in [3.8, 4) is 0 Å². The molecule has 0 heterocycles. The second kappa shape index (κ2) is 6.76. The van der Waals surface area contributed by atoms with Gasteiger partial charge in [-0.25, -0.2) is 4.79 Å². The molecule has 5 heteroatoms. The highest BCUT2D eigenvalue weighted by Gasteiger charge is 2.08.